The van der Waals surface area contributed by atoms with E-state index in [1.54, 1.807) is 0 Å². The third-order valence-corrected chi connectivity index (χ3v) is 2.63. The Bertz CT molecular complexity index is 195. The van der Waals surface area contributed by atoms with E-state index in [1.807, 2.05) is 41.5 Å². The van der Waals surface area contributed by atoms with Gasteiger partial charge in [0, 0.05) is 0 Å². The molecule has 84 valence electrons. The maximum Gasteiger partial charge on any atom is 0.347 e. The van der Waals surface area contributed by atoms with Gasteiger partial charge in [0.2, 0.25) is 0 Å². The molecular formula is C11H22O3. The van der Waals surface area contributed by atoms with Crippen LogP contribution in [-0.4, -0.2) is 11.6 Å². The number of carbonyl (C=O) groups is 1. The van der Waals surface area contributed by atoms with Gasteiger partial charge >= 0.3 is 5.97 Å². The van der Waals surface area contributed by atoms with Crippen LogP contribution in [0, 0.1) is 5.41 Å². The van der Waals surface area contributed by atoms with Gasteiger partial charge < -0.3 is 0 Å². The van der Waals surface area contributed by atoms with Gasteiger partial charge in [-0.25, -0.2) is 4.79 Å². The van der Waals surface area contributed by atoms with Crippen molar-refractivity contribution in [2.24, 2.45) is 5.41 Å². The molecule has 0 N–H and O–H groups in total. The topological polar surface area (TPSA) is 35.5 Å². The van der Waals surface area contributed by atoms with Gasteiger partial charge in [0.1, 0.15) is 5.60 Å². The van der Waals surface area contributed by atoms with E-state index in [9.17, 15) is 4.79 Å². The summed E-state index contributed by atoms with van der Waals surface area (Å²) in [5, 5.41) is 0. The Morgan fingerprint density at radius 2 is 1.57 bits per heavy atom. The van der Waals surface area contributed by atoms with Gasteiger partial charge in [-0.05, 0) is 40.5 Å². The second-order valence-electron chi connectivity index (χ2n) is 4.80. The molecule has 14 heavy (non-hydrogen) atoms. The van der Waals surface area contributed by atoms with E-state index in [1.165, 1.54) is 0 Å². The molecule has 0 aliphatic heterocycles. The molecule has 0 atom stereocenters. The lowest BCUT2D eigenvalue weighted by molar-refractivity contribution is -0.330. The molecule has 0 aromatic rings. The minimum absolute atomic E-state index is 0.304. The van der Waals surface area contributed by atoms with Crippen molar-refractivity contribution in [1.29, 1.82) is 0 Å². The normalized spacial score (nSPS) is 12.7. The van der Waals surface area contributed by atoms with Crippen molar-refractivity contribution in [1.82, 2.24) is 0 Å². The zero-order valence-electron chi connectivity index (χ0n) is 10.1. The standard InChI is InChI=1S/C11H22O3/c1-7-10(3,4)9(12)13-14-11(5,6)8-2/h7-8H2,1-6H3. The van der Waals surface area contributed by atoms with Crippen LogP contribution in [0.25, 0.3) is 0 Å². The van der Waals surface area contributed by atoms with E-state index in [0.717, 1.165) is 12.8 Å². The first kappa shape index (κ1) is 13.4. The molecule has 0 fully saturated rings. The van der Waals surface area contributed by atoms with E-state index in [2.05, 4.69) is 0 Å². The predicted molar refractivity (Wildman–Crippen MR) is 55.6 cm³/mol. The van der Waals surface area contributed by atoms with Crippen molar-refractivity contribution < 1.29 is 14.6 Å². The Labute approximate surface area is 86.7 Å². The maximum atomic E-state index is 11.5. The lowest BCUT2D eigenvalue weighted by Crippen LogP contribution is -2.31. The van der Waals surface area contributed by atoms with Gasteiger partial charge in [0.05, 0.1) is 5.41 Å². The highest BCUT2D eigenvalue weighted by Gasteiger charge is 2.30. The minimum Gasteiger partial charge on any atom is -0.297 e. The summed E-state index contributed by atoms with van der Waals surface area (Å²) in [6, 6.07) is 0. The molecule has 0 aromatic heterocycles. The summed E-state index contributed by atoms with van der Waals surface area (Å²) >= 11 is 0. The molecular weight excluding hydrogens is 180 g/mol. The molecule has 3 nitrogen and oxygen atoms in total. The van der Waals surface area contributed by atoms with Crippen LogP contribution in [0.5, 0.6) is 0 Å². The Kier molecular flexibility index (Phi) is 4.59. The molecule has 0 saturated carbocycles. The summed E-state index contributed by atoms with van der Waals surface area (Å²) < 4.78 is 0. The molecule has 0 amide bonds. The summed E-state index contributed by atoms with van der Waals surface area (Å²) in [5.41, 5.74) is -0.872. The molecule has 3 heteroatoms. The summed E-state index contributed by atoms with van der Waals surface area (Å²) in [6.45, 7) is 11.4. The van der Waals surface area contributed by atoms with E-state index in [-0.39, 0.29) is 5.97 Å². The molecule has 0 aromatic carbocycles. The average Bonchev–Trinajstić information content (AvgIpc) is 2.14. The van der Waals surface area contributed by atoms with Crippen molar-refractivity contribution in [3.63, 3.8) is 0 Å². The second-order valence-corrected chi connectivity index (χ2v) is 4.80. The van der Waals surface area contributed by atoms with Gasteiger partial charge in [-0.2, -0.15) is 4.89 Å². The van der Waals surface area contributed by atoms with Crippen LogP contribution < -0.4 is 0 Å². The lowest BCUT2D eigenvalue weighted by Gasteiger charge is -2.24. The van der Waals surface area contributed by atoms with E-state index in [0.29, 0.717) is 0 Å². The van der Waals surface area contributed by atoms with Crippen molar-refractivity contribution >= 4 is 5.97 Å². The number of hydrogen-bond donors (Lipinski definition) is 0. The molecule has 0 saturated heterocycles. The van der Waals surface area contributed by atoms with Crippen molar-refractivity contribution in [2.45, 2.75) is 60.0 Å². The fourth-order valence-electron chi connectivity index (χ4n) is 0.467. The van der Waals surface area contributed by atoms with Crippen LogP contribution in [0.15, 0.2) is 0 Å². The van der Waals surface area contributed by atoms with E-state index >= 15 is 0 Å². The monoisotopic (exact) mass is 202 g/mol. The Morgan fingerprint density at radius 1 is 1.07 bits per heavy atom. The summed E-state index contributed by atoms with van der Waals surface area (Å²) in [6.07, 6.45) is 1.54. The predicted octanol–water partition coefficient (Wildman–Crippen LogP) is 3.09. The lowest BCUT2D eigenvalue weighted by atomic mass is 9.91. The fraction of sp³-hybridized carbons (Fsp3) is 0.909. The minimum atomic E-state index is -0.468. The van der Waals surface area contributed by atoms with Gasteiger partial charge in [-0.3, -0.25) is 4.89 Å². The first-order valence-electron chi connectivity index (χ1n) is 5.15. The van der Waals surface area contributed by atoms with Crippen LogP contribution in [0.4, 0.5) is 0 Å². The highest BCUT2D eigenvalue weighted by molar-refractivity contribution is 5.75. The number of carbonyl (C=O) groups excluding carboxylic acids is 1. The highest BCUT2D eigenvalue weighted by atomic mass is 17.2. The van der Waals surface area contributed by atoms with Crippen LogP contribution in [0.1, 0.15) is 54.4 Å². The molecule has 0 unspecified atom stereocenters. The Hall–Kier alpha value is -0.570. The Morgan fingerprint density at radius 3 is 1.93 bits per heavy atom. The van der Waals surface area contributed by atoms with Gasteiger partial charge in [-0.15, -0.1) is 0 Å². The summed E-state index contributed by atoms with van der Waals surface area (Å²) in [7, 11) is 0. The fourth-order valence-corrected chi connectivity index (χ4v) is 0.467. The Balaban J connectivity index is 4.10. The molecule has 0 aliphatic rings. The quantitative estimate of drug-likeness (QED) is 0.507. The largest absolute Gasteiger partial charge is 0.347 e. The van der Waals surface area contributed by atoms with Crippen LogP contribution >= 0.6 is 0 Å². The van der Waals surface area contributed by atoms with Crippen LogP contribution in [0.2, 0.25) is 0 Å². The SMILES string of the molecule is CCC(C)(C)OOC(=O)C(C)(C)CC. The molecule has 0 radical (unpaired) electrons. The van der Waals surface area contributed by atoms with Gasteiger partial charge in [-0.1, -0.05) is 13.8 Å². The average molecular weight is 202 g/mol. The third-order valence-electron chi connectivity index (χ3n) is 2.63. The third kappa shape index (κ3) is 4.09. The van der Waals surface area contributed by atoms with Gasteiger partial charge in [0.15, 0.2) is 0 Å². The zero-order valence-corrected chi connectivity index (χ0v) is 10.1. The molecule has 0 spiro atoms. The van der Waals surface area contributed by atoms with E-state index in [4.69, 9.17) is 9.78 Å². The number of rotatable bonds is 5. The summed E-state index contributed by atoms with van der Waals surface area (Å²) in [5.74, 6) is -0.304. The molecule has 0 heterocycles. The van der Waals surface area contributed by atoms with Crippen LogP contribution in [-0.2, 0) is 14.6 Å². The first-order valence-corrected chi connectivity index (χ1v) is 5.15. The molecule has 0 aliphatic carbocycles. The highest BCUT2D eigenvalue weighted by Crippen LogP contribution is 2.23. The van der Waals surface area contributed by atoms with Crippen LogP contribution in [0.3, 0.4) is 0 Å². The van der Waals surface area contributed by atoms with Gasteiger partial charge in [0.25, 0.3) is 0 Å². The summed E-state index contributed by atoms with van der Waals surface area (Å²) in [4.78, 5) is 21.4. The zero-order chi connectivity index (χ0) is 11.4. The first-order chi connectivity index (χ1) is 6.25. The maximum absolute atomic E-state index is 11.5. The smallest absolute Gasteiger partial charge is 0.297 e. The second kappa shape index (κ2) is 4.78. The van der Waals surface area contributed by atoms with E-state index < -0.39 is 11.0 Å². The van der Waals surface area contributed by atoms with Crippen molar-refractivity contribution in [2.75, 3.05) is 0 Å². The van der Waals surface area contributed by atoms with Crippen molar-refractivity contribution in [3.05, 3.63) is 0 Å². The molecule has 0 rings (SSSR count). The number of hydrogen-bond acceptors (Lipinski definition) is 3. The van der Waals surface area contributed by atoms with Crippen molar-refractivity contribution in [3.8, 4) is 0 Å². The molecule has 0 bridgehead atoms.